The van der Waals surface area contributed by atoms with Gasteiger partial charge in [0.15, 0.2) is 16.1 Å². The highest BCUT2D eigenvalue weighted by Crippen LogP contribution is 2.24. The summed E-state index contributed by atoms with van der Waals surface area (Å²) in [6.45, 7) is 6.18. The van der Waals surface area contributed by atoms with E-state index in [0.717, 1.165) is 16.9 Å². The number of rotatable bonds is 7. The predicted molar refractivity (Wildman–Crippen MR) is 107 cm³/mol. The van der Waals surface area contributed by atoms with Gasteiger partial charge >= 0.3 is 0 Å². The Kier molecular flexibility index (Phi) is 6.12. The number of aromatic nitrogens is 4. The molecule has 0 fully saturated rings. The minimum absolute atomic E-state index is 0.119. The Hall–Kier alpha value is -2.39. The number of hydrogen-bond donors (Lipinski definition) is 1. The lowest BCUT2D eigenvalue weighted by molar-refractivity contribution is -0.115. The Balaban J connectivity index is 1.61. The summed E-state index contributed by atoms with van der Waals surface area (Å²) < 4.78 is 7.75. The van der Waals surface area contributed by atoms with Crippen LogP contribution in [0, 0.1) is 13.8 Å². The van der Waals surface area contributed by atoms with Gasteiger partial charge in [0.1, 0.15) is 12.4 Å². The molecule has 0 aliphatic heterocycles. The monoisotopic (exact) mass is 403 g/mol. The zero-order valence-corrected chi connectivity index (χ0v) is 17.2. The van der Waals surface area contributed by atoms with Crippen LogP contribution >= 0.6 is 23.1 Å². The van der Waals surface area contributed by atoms with Gasteiger partial charge in [0, 0.05) is 18.6 Å². The zero-order valence-electron chi connectivity index (χ0n) is 15.6. The molecule has 142 valence electrons. The molecule has 1 atom stereocenters. The third kappa shape index (κ3) is 4.86. The van der Waals surface area contributed by atoms with Crippen molar-refractivity contribution in [2.75, 3.05) is 5.32 Å². The summed E-state index contributed by atoms with van der Waals surface area (Å²) in [5.74, 6) is 1.42. The number of nitrogens with one attached hydrogen (secondary N) is 1. The van der Waals surface area contributed by atoms with E-state index in [2.05, 4.69) is 26.6 Å². The lowest BCUT2D eigenvalue weighted by Crippen LogP contribution is -2.22. The molecule has 1 N–H and O–H groups in total. The molecule has 0 aliphatic carbocycles. The van der Waals surface area contributed by atoms with Crippen LogP contribution in [0.1, 0.15) is 23.9 Å². The number of ether oxygens (including phenoxy) is 1. The average Bonchev–Trinajstić information content (AvgIpc) is 3.26. The van der Waals surface area contributed by atoms with Crippen LogP contribution in [0.3, 0.4) is 0 Å². The maximum atomic E-state index is 12.3. The van der Waals surface area contributed by atoms with Gasteiger partial charge in [-0.15, -0.1) is 21.5 Å². The molecular formula is C18H21N5O2S2. The Morgan fingerprint density at radius 3 is 2.93 bits per heavy atom. The number of amides is 1. The molecule has 2 heterocycles. The first-order valence-corrected chi connectivity index (χ1v) is 10.2. The number of aryl methyl sites for hydroxylation is 2. The van der Waals surface area contributed by atoms with Gasteiger partial charge in [0.05, 0.1) is 5.25 Å². The van der Waals surface area contributed by atoms with E-state index < -0.39 is 0 Å². The van der Waals surface area contributed by atoms with E-state index in [1.165, 1.54) is 23.1 Å². The summed E-state index contributed by atoms with van der Waals surface area (Å²) >= 11 is 2.73. The highest BCUT2D eigenvalue weighted by molar-refractivity contribution is 8.00. The van der Waals surface area contributed by atoms with Gasteiger partial charge in [-0.25, -0.2) is 4.98 Å². The number of carbonyl (C=O) groups is 1. The van der Waals surface area contributed by atoms with E-state index in [1.54, 1.807) is 6.20 Å². The molecule has 2 aromatic heterocycles. The first-order chi connectivity index (χ1) is 12.9. The first-order valence-electron chi connectivity index (χ1n) is 8.39. The smallest absolute Gasteiger partial charge is 0.239 e. The van der Waals surface area contributed by atoms with Crippen molar-refractivity contribution in [1.29, 1.82) is 0 Å². The molecule has 0 unspecified atom stereocenters. The standard InChI is InChI=1S/C18H21N5O2S2/c1-11-5-6-12(2)14(9-11)25-10-15-21-22-18(23(15)4)27-13(3)16(24)20-17-19-7-8-26-17/h5-9,13H,10H2,1-4H3,(H,19,20,24)/t13-/m0/s1. The number of benzene rings is 1. The maximum Gasteiger partial charge on any atom is 0.239 e. The van der Waals surface area contributed by atoms with E-state index in [0.29, 0.717) is 22.7 Å². The molecule has 3 aromatic rings. The van der Waals surface area contributed by atoms with Crippen LogP contribution in [0.15, 0.2) is 34.9 Å². The molecule has 9 heteroatoms. The van der Waals surface area contributed by atoms with Crippen LogP contribution in [-0.2, 0) is 18.4 Å². The Morgan fingerprint density at radius 2 is 2.19 bits per heavy atom. The second-order valence-electron chi connectivity index (χ2n) is 6.10. The Morgan fingerprint density at radius 1 is 1.37 bits per heavy atom. The van der Waals surface area contributed by atoms with Crippen molar-refractivity contribution in [2.45, 2.75) is 37.8 Å². The minimum atomic E-state index is -0.329. The fourth-order valence-corrected chi connectivity index (χ4v) is 3.65. The van der Waals surface area contributed by atoms with Crippen molar-refractivity contribution in [2.24, 2.45) is 7.05 Å². The normalized spacial score (nSPS) is 12.0. The molecule has 1 amide bonds. The van der Waals surface area contributed by atoms with Gasteiger partial charge in [-0.3, -0.25) is 4.79 Å². The van der Waals surface area contributed by atoms with E-state index >= 15 is 0 Å². The number of hydrogen-bond acceptors (Lipinski definition) is 7. The molecule has 0 saturated heterocycles. The van der Waals surface area contributed by atoms with Crippen molar-refractivity contribution >= 4 is 34.1 Å². The topological polar surface area (TPSA) is 81.9 Å². The SMILES string of the molecule is Cc1ccc(C)c(OCc2nnc(S[C@@H](C)C(=O)Nc3nccs3)n2C)c1. The van der Waals surface area contributed by atoms with Gasteiger partial charge in [0.2, 0.25) is 5.91 Å². The van der Waals surface area contributed by atoms with Crippen molar-refractivity contribution in [1.82, 2.24) is 19.7 Å². The van der Waals surface area contributed by atoms with Gasteiger partial charge < -0.3 is 14.6 Å². The molecule has 0 aliphatic rings. The number of carbonyl (C=O) groups excluding carboxylic acids is 1. The quantitative estimate of drug-likeness (QED) is 0.607. The van der Waals surface area contributed by atoms with Gasteiger partial charge in [-0.05, 0) is 38.0 Å². The summed E-state index contributed by atoms with van der Waals surface area (Å²) in [6, 6.07) is 6.09. The highest BCUT2D eigenvalue weighted by Gasteiger charge is 2.19. The van der Waals surface area contributed by atoms with Crippen molar-refractivity contribution in [3.63, 3.8) is 0 Å². The largest absolute Gasteiger partial charge is 0.485 e. The Labute approximate surface area is 166 Å². The van der Waals surface area contributed by atoms with E-state index in [-0.39, 0.29) is 11.2 Å². The van der Waals surface area contributed by atoms with Gasteiger partial charge in [-0.2, -0.15) is 0 Å². The van der Waals surface area contributed by atoms with Crippen molar-refractivity contribution in [3.8, 4) is 5.75 Å². The number of nitrogens with zero attached hydrogens (tertiary/aromatic N) is 4. The number of thiazole rings is 1. The molecular weight excluding hydrogens is 382 g/mol. The zero-order chi connectivity index (χ0) is 19.4. The number of anilines is 1. The first kappa shape index (κ1) is 19.4. The minimum Gasteiger partial charge on any atom is -0.485 e. The van der Waals surface area contributed by atoms with Crippen LogP contribution < -0.4 is 10.1 Å². The third-order valence-electron chi connectivity index (χ3n) is 3.94. The van der Waals surface area contributed by atoms with Crippen LogP contribution in [0.25, 0.3) is 0 Å². The third-order valence-corrected chi connectivity index (χ3v) is 5.76. The lowest BCUT2D eigenvalue weighted by Gasteiger charge is -2.11. The fraction of sp³-hybridized carbons (Fsp3) is 0.333. The van der Waals surface area contributed by atoms with Crippen LogP contribution in [0.4, 0.5) is 5.13 Å². The summed E-state index contributed by atoms with van der Waals surface area (Å²) in [7, 11) is 1.87. The molecule has 1 aromatic carbocycles. The Bertz CT molecular complexity index is 924. The summed E-state index contributed by atoms with van der Waals surface area (Å²) in [6.07, 6.45) is 1.66. The molecule has 0 saturated carbocycles. The molecule has 0 bridgehead atoms. The van der Waals surface area contributed by atoms with E-state index in [4.69, 9.17) is 4.74 Å². The molecule has 0 spiro atoms. The van der Waals surface area contributed by atoms with E-state index in [9.17, 15) is 4.79 Å². The van der Waals surface area contributed by atoms with E-state index in [1.807, 2.05) is 49.9 Å². The predicted octanol–water partition coefficient (Wildman–Crippen LogP) is 3.59. The fourth-order valence-electron chi connectivity index (χ4n) is 2.28. The van der Waals surface area contributed by atoms with Crippen LogP contribution in [0.2, 0.25) is 0 Å². The summed E-state index contributed by atoms with van der Waals surface area (Å²) in [5, 5.41) is 13.9. The number of thioether (sulfide) groups is 1. The van der Waals surface area contributed by atoms with Gasteiger partial charge in [0.25, 0.3) is 0 Å². The highest BCUT2D eigenvalue weighted by atomic mass is 32.2. The molecule has 7 nitrogen and oxygen atoms in total. The molecule has 3 rings (SSSR count). The molecule has 27 heavy (non-hydrogen) atoms. The summed E-state index contributed by atoms with van der Waals surface area (Å²) in [4.78, 5) is 16.3. The summed E-state index contributed by atoms with van der Waals surface area (Å²) in [5.41, 5.74) is 2.22. The van der Waals surface area contributed by atoms with Crippen molar-refractivity contribution < 1.29 is 9.53 Å². The second-order valence-corrected chi connectivity index (χ2v) is 8.30. The molecule has 0 radical (unpaired) electrons. The second kappa shape index (κ2) is 8.53. The van der Waals surface area contributed by atoms with Gasteiger partial charge in [-0.1, -0.05) is 23.9 Å². The lowest BCUT2D eigenvalue weighted by atomic mass is 10.1. The van der Waals surface area contributed by atoms with Crippen LogP contribution in [0.5, 0.6) is 5.75 Å². The average molecular weight is 404 g/mol. The van der Waals surface area contributed by atoms with Crippen molar-refractivity contribution in [3.05, 3.63) is 46.7 Å². The van der Waals surface area contributed by atoms with Crippen LogP contribution in [-0.4, -0.2) is 30.9 Å². The maximum absolute atomic E-state index is 12.3.